The summed E-state index contributed by atoms with van der Waals surface area (Å²) in [6.45, 7) is 10.5. The highest BCUT2D eigenvalue weighted by Gasteiger charge is 2.25. The monoisotopic (exact) mass is 365 g/mol. The van der Waals surface area contributed by atoms with Crippen molar-refractivity contribution >= 4 is 24.3 Å². The van der Waals surface area contributed by atoms with E-state index < -0.39 is 29.3 Å². The van der Waals surface area contributed by atoms with Crippen LogP contribution in [0.15, 0.2) is 18.3 Å². The van der Waals surface area contributed by atoms with Crippen LogP contribution in [0, 0.1) is 0 Å². The van der Waals surface area contributed by atoms with Crippen LogP contribution in [0.1, 0.15) is 47.1 Å². The van der Waals surface area contributed by atoms with Crippen LogP contribution in [-0.4, -0.2) is 40.7 Å². The summed E-state index contributed by atoms with van der Waals surface area (Å²) in [6, 6.07) is 2.47. The maximum Gasteiger partial charge on any atom is 0.413 e. The first-order valence-electron chi connectivity index (χ1n) is 8.27. The lowest BCUT2D eigenvalue weighted by Crippen LogP contribution is -2.42. The van der Waals surface area contributed by atoms with E-state index in [0.29, 0.717) is 17.8 Å². The maximum absolute atomic E-state index is 12.2. The summed E-state index contributed by atoms with van der Waals surface area (Å²) in [5.74, 6) is -0.208. The molecule has 1 atom stereocenters. The van der Waals surface area contributed by atoms with Crippen molar-refractivity contribution in [3.63, 3.8) is 0 Å². The molecule has 0 spiro atoms. The second-order valence-corrected chi connectivity index (χ2v) is 7.75. The smallest absolute Gasteiger partial charge is 0.413 e. The zero-order chi connectivity index (χ0) is 20.0. The highest BCUT2D eigenvalue weighted by Crippen LogP contribution is 2.13. The summed E-state index contributed by atoms with van der Waals surface area (Å²) in [7, 11) is 0. The Labute approximate surface area is 153 Å². The van der Waals surface area contributed by atoms with E-state index in [4.69, 9.17) is 9.47 Å². The van der Waals surface area contributed by atoms with Crippen molar-refractivity contribution in [2.24, 2.45) is 0 Å². The third-order valence-electron chi connectivity index (χ3n) is 2.85. The second kappa shape index (κ2) is 8.64. The van der Waals surface area contributed by atoms with Gasteiger partial charge in [0.25, 0.3) is 0 Å². The zero-order valence-electron chi connectivity index (χ0n) is 16.1. The van der Waals surface area contributed by atoms with Crippen LogP contribution < -0.4 is 10.6 Å². The number of carbonyl (C=O) groups is 3. The van der Waals surface area contributed by atoms with E-state index in [2.05, 4.69) is 15.6 Å². The van der Waals surface area contributed by atoms with Gasteiger partial charge < -0.3 is 14.8 Å². The molecule has 1 aromatic heterocycles. The predicted molar refractivity (Wildman–Crippen MR) is 96.6 cm³/mol. The molecule has 0 aromatic carbocycles. The van der Waals surface area contributed by atoms with Crippen molar-refractivity contribution < 1.29 is 23.9 Å². The van der Waals surface area contributed by atoms with Crippen molar-refractivity contribution in [1.29, 1.82) is 0 Å². The number of hydrogen-bond donors (Lipinski definition) is 2. The molecule has 1 rings (SSSR count). The van der Waals surface area contributed by atoms with E-state index in [1.165, 1.54) is 6.20 Å². The van der Waals surface area contributed by atoms with Crippen LogP contribution >= 0.6 is 0 Å². The van der Waals surface area contributed by atoms with E-state index in [1.54, 1.807) is 53.7 Å². The molecule has 0 saturated carbocycles. The number of anilines is 1. The lowest BCUT2D eigenvalue weighted by Gasteiger charge is -2.23. The van der Waals surface area contributed by atoms with Gasteiger partial charge in [0.15, 0.2) is 0 Å². The summed E-state index contributed by atoms with van der Waals surface area (Å²) in [4.78, 5) is 38.8. The molecule has 0 aliphatic carbocycles. The SMILES string of the molecule is CC(C)(C)OC(=O)Nc1ccc(CC(NC=O)C(=O)OC(C)(C)C)cn1. The van der Waals surface area contributed by atoms with Gasteiger partial charge in [0.2, 0.25) is 6.41 Å². The van der Waals surface area contributed by atoms with Gasteiger partial charge in [-0.15, -0.1) is 0 Å². The summed E-state index contributed by atoms with van der Waals surface area (Å²) in [5.41, 5.74) is -0.560. The first kappa shape index (κ1) is 21.4. The Morgan fingerprint density at radius 1 is 1.12 bits per heavy atom. The highest BCUT2D eigenvalue weighted by atomic mass is 16.6. The zero-order valence-corrected chi connectivity index (χ0v) is 16.1. The topological polar surface area (TPSA) is 107 Å². The van der Waals surface area contributed by atoms with Crippen molar-refractivity contribution in [3.05, 3.63) is 23.9 Å². The predicted octanol–water partition coefficient (Wildman–Crippen LogP) is 2.43. The molecule has 1 heterocycles. The van der Waals surface area contributed by atoms with Crippen LogP contribution in [0.25, 0.3) is 0 Å². The lowest BCUT2D eigenvalue weighted by molar-refractivity contribution is -0.158. The van der Waals surface area contributed by atoms with Crippen LogP contribution in [0.5, 0.6) is 0 Å². The van der Waals surface area contributed by atoms with Crippen LogP contribution in [-0.2, 0) is 25.5 Å². The molecule has 0 radical (unpaired) electrons. The van der Waals surface area contributed by atoms with E-state index in [1.807, 2.05) is 0 Å². The first-order valence-corrected chi connectivity index (χ1v) is 8.27. The summed E-state index contributed by atoms with van der Waals surface area (Å²) >= 11 is 0. The fourth-order valence-electron chi connectivity index (χ4n) is 1.93. The minimum Gasteiger partial charge on any atom is -0.458 e. The Kier molecular flexibility index (Phi) is 7.11. The molecule has 0 aliphatic heterocycles. The van der Waals surface area contributed by atoms with Crippen molar-refractivity contribution in [2.75, 3.05) is 5.32 Å². The van der Waals surface area contributed by atoms with E-state index in [-0.39, 0.29) is 6.42 Å². The van der Waals surface area contributed by atoms with Gasteiger partial charge in [-0.25, -0.2) is 14.6 Å². The molecule has 2 N–H and O–H groups in total. The van der Waals surface area contributed by atoms with Gasteiger partial charge in [-0.2, -0.15) is 0 Å². The quantitative estimate of drug-likeness (QED) is 0.592. The molecule has 2 amide bonds. The Morgan fingerprint density at radius 3 is 2.19 bits per heavy atom. The lowest BCUT2D eigenvalue weighted by atomic mass is 10.1. The molecule has 8 nitrogen and oxygen atoms in total. The molecule has 144 valence electrons. The fourth-order valence-corrected chi connectivity index (χ4v) is 1.93. The normalized spacial score (nSPS) is 12.7. The number of pyridine rings is 1. The minimum atomic E-state index is -0.821. The Balaban J connectivity index is 2.72. The molecule has 0 aliphatic rings. The molecule has 1 aromatic rings. The van der Waals surface area contributed by atoms with E-state index in [9.17, 15) is 14.4 Å². The van der Waals surface area contributed by atoms with Crippen molar-refractivity contribution in [1.82, 2.24) is 10.3 Å². The van der Waals surface area contributed by atoms with Gasteiger partial charge in [0, 0.05) is 12.6 Å². The third kappa shape index (κ3) is 8.46. The third-order valence-corrected chi connectivity index (χ3v) is 2.85. The number of nitrogens with zero attached hydrogens (tertiary/aromatic N) is 1. The Bertz CT molecular complexity index is 630. The number of hydrogen-bond acceptors (Lipinski definition) is 6. The van der Waals surface area contributed by atoms with Crippen LogP contribution in [0.3, 0.4) is 0 Å². The largest absolute Gasteiger partial charge is 0.458 e. The molecule has 0 fully saturated rings. The van der Waals surface area contributed by atoms with Gasteiger partial charge in [0.1, 0.15) is 23.1 Å². The average molecular weight is 365 g/mol. The molecule has 26 heavy (non-hydrogen) atoms. The van der Waals surface area contributed by atoms with E-state index >= 15 is 0 Å². The van der Waals surface area contributed by atoms with Crippen molar-refractivity contribution in [3.8, 4) is 0 Å². The molecule has 0 saturated heterocycles. The first-order chi connectivity index (χ1) is 11.9. The maximum atomic E-state index is 12.2. The summed E-state index contributed by atoms with van der Waals surface area (Å²) in [5, 5.41) is 4.98. The van der Waals surface area contributed by atoms with Crippen LogP contribution in [0.2, 0.25) is 0 Å². The average Bonchev–Trinajstić information content (AvgIpc) is 2.45. The number of esters is 1. The van der Waals surface area contributed by atoms with Gasteiger partial charge >= 0.3 is 12.1 Å². The molecular weight excluding hydrogens is 338 g/mol. The van der Waals surface area contributed by atoms with Gasteiger partial charge in [-0.3, -0.25) is 10.1 Å². The number of ether oxygens (including phenoxy) is 2. The number of amides is 2. The van der Waals surface area contributed by atoms with Gasteiger partial charge in [0.05, 0.1) is 0 Å². The number of aromatic nitrogens is 1. The molecule has 0 bridgehead atoms. The summed E-state index contributed by atoms with van der Waals surface area (Å²) in [6.07, 6.45) is 1.58. The number of nitrogens with one attached hydrogen (secondary N) is 2. The molecule has 8 heteroatoms. The van der Waals surface area contributed by atoms with Crippen LogP contribution in [0.4, 0.5) is 10.6 Å². The second-order valence-electron chi connectivity index (χ2n) is 7.75. The standard InChI is InChI=1S/C18H27N3O5/c1-17(2,3)25-15(23)13(20-11-22)9-12-7-8-14(19-10-12)21-16(24)26-18(4,5)6/h7-8,10-11,13H,9H2,1-6H3,(H,20,22)(H,19,21,24). The fraction of sp³-hybridized carbons (Fsp3) is 0.556. The minimum absolute atomic E-state index is 0.216. The molecule has 1 unspecified atom stereocenters. The molecular formula is C18H27N3O5. The van der Waals surface area contributed by atoms with Gasteiger partial charge in [-0.1, -0.05) is 6.07 Å². The summed E-state index contributed by atoms with van der Waals surface area (Å²) < 4.78 is 10.4. The Morgan fingerprint density at radius 2 is 1.73 bits per heavy atom. The number of carbonyl (C=O) groups excluding carboxylic acids is 3. The van der Waals surface area contributed by atoms with Crippen molar-refractivity contribution in [2.45, 2.75) is 65.2 Å². The Hall–Kier alpha value is -2.64. The highest BCUT2D eigenvalue weighted by molar-refractivity contribution is 5.83. The van der Waals surface area contributed by atoms with E-state index in [0.717, 1.165) is 0 Å². The number of rotatable bonds is 6. The van der Waals surface area contributed by atoms with Gasteiger partial charge in [-0.05, 0) is 53.2 Å².